The minimum absolute atomic E-state index is 0.0269. The lowest BCUT2D eigenvalue weighted by molar-refractivity contribution is -0.115. The average molecular weight is 552 g/mol. The van der Waals surface area contributed by atoms with Crippen molar-refractivity contribution in [3.63, 3.8) is 0 Å². The molecule has 1 aliphatic rings. The molecule has 2 amide bonds. The zero-order valence-corrected chi connectivity index (χ0v) is 22.0. The van der Waals surface area contributed by atoms with Crippen LogP contribution in [0.15, 0.2) is 76.1 Å². The summed E-state index contributed by atoms with van der Waals surface area (Å²) in [6, 6.07) is 13.6. The Morgan fingerprint density at radius 1 is 1.05 bits per heavy atom. The van der Waals surface area contributed by atoms with Gasteiger partial charge in [-0.25, -0.2) is 23.1 Å². The standard InChI is InChI=1S/C25H21N5O4S3/c1-16-9-11-26-25(27-16)29-37(33,34)22-8-2-6-20-18(22)10-12-30(20)24(32)19(15-17-5-3-13-35-17)28-23(31)21-7-4-14-36-21/h2-9,11,13-15H,10,12H2,1H3,(H,28,31)(H,26,27,29)/b19-15+. The van der Waals surface area contributed by atoms with Crippen molar-refractivity contribution in [2.45, 2.75) is 18.2 Å². The van der Waals surface area contributed by atoms with Gasteiger partial charge in [-0.3, -0.25) is 9.59 Å². The molecule has 5 rings (SSSR count). The highest BCUT2D eigenvalue weighted by Gasteiger charge is 2.32. The second-order valence-corrected chi connectivity index (χ2v) is 11.7. The van der Waals surface area contributed by atoms with E-state index in [1.807, 2.05) is 17.5 Å². The van der Waals surface area contributed by atoms with Crippen molar-refractivity contribution >= 4 is 62.2 Å². The van der Waals surface area contributed by atoms with Crippen molar-refractivity contribution in [3.05, 3.63) is 92.2 Å². The Balaban J connectivity index is 1.46. The molecule has 0 atom stereocenters. The summed E-state index contributed by atoms with van der Waals surface area (Å²) in [5.41, 5.74) is 1.71. The molecule has 0 fully saturated rings. The summed E-state index contributed by atoms with van der Waals surface area (Å²) in [5, 5.41) is 6.41. The predicted molar refractivity (Wildman–Crippen MR) is 144 cm³/mol. The number of carbonyl (C=O) groups is 2. The van der Waals surface area contributed by atoms with Crippen LogP contribution in [-0.2, 0) is 21.2 Å². The Bertz CT molecular complexity index is 1600. The number of rotatable bonds is 7. The zero-order valence-electron chi connectivity index (χ0n) is 19.5. The summed E-state index contributed by atoms with van der Waals surface area (Å²) in [6.07, 6.45) is 3.44. The summed E-state index contributed by atoms with van der Waals surface area (Å²) >= 11 is 2.71. The molecule has 37 heavy (non-hydrogen) atoms. The first kappa shape index (κ1) is 24.8. The van der Waals surface area contributed by atoms with Crippen LogP contribution >= 0.6 is 22.7 Å². The first-order chi connectivity index (χ1) is 17.8. The molecule has 0 aliphatic carbocycles. The Morgan fingerprint density at radius 2 is 1.86 bits per heavy atom. The zero-order chi connectivity index (χ0) is 26.0. The summed E-state index contributed by atoms with van der Waals surface area (Å²) in [6.45, 7) is 2.00. The number of carbonyl (C=O) groups excluding carboxylic acids is 2. The molecule has 0 saturated heterocycles. The first-order valence-corrected chi connectivity index (χ1v) is 14.4. The SMILES string of the molecule is Cc1ccnc(NS(=O)(=O)c2cccc3c2CCN3C(=O)/C(=C\c2cccs2)NC(=O)c2cccs2)n1. The number of nitrogens with zero attached hydrogens (tertiary/aromatic N) is 3. The minimum atomic E-state index is -4.01. The molecule has 1 aliphatic heterocycles. The van der Waals surface area contributed by atoms with Crippen LogP contribution in [0.2, 0.25) is 0 Å². The van der Waals surface area contributed by atoms with Gasteiger partial charge in [0.1, 0.15) is 5.70 Å². The molecule has 9 nitrogen and oxygen atoms in total. The van der Waals surface area contributed by atoms with Crippen molar-refractivity contribution in [1.82, 2.24) is 15.3 Å². The number of sulfonamides is 1. The van der Waals surface area contributed by atoms with Crippen LogP contribution in [0.25, 0.3) is 6.08 Å². The van der Waals surface area contributed by atoms with E-state index in [4.69, 9.17) is 0 Å². The van der Waals surface area contributed by atoms with Gasteiger partial charge in [0.05, 0.1) is 9.77 Å². The van der Waals surface area contributed by atoms with Crippen LogP contribution in [0.3, 0.4) is 0 Å². The smallest absolute Gasteiger partial charge is 0.274 e. The molecule has 12 heteroatoms. The lowest BCUT2D eigenvalue weighted by atomic mass is 10.2. The van der Waals surface area contributed by atoms with Gasteiger partial charge in [0.15, 0.2) is 0 Å². The van der Waals surface area contributed by atoms with Crippen molar-refractivity contribution in [3.8, 4) is 0 Å². The Hall–Kier alpha value is -3.87. The van der Waals surface area contributed by atoms with E-state index < -0.39 is 15.9 Å². The van der Waals surface area contributed by atoms with E-state index in [0.717, 1.165) is 4.88 Å². The maximum Gasteiger partial charge on any atom is 0.274 e. The van der Waals surface area contributed by atoms with E-state index in [2.05, 4.69) is 20.0 Å². The molecule has 3 aromatic heterocycles. The number of amides is 2. The fourth-order valence-electron chi connectivity index (χ4n) is 3.94. The van der Waals surface area contributed by atoms with Gasteiger partial charge in [-0.15, -0.1) is 22.7 Å². The first-order valence-electron chi connectivity index (χ1n) is 11.2. The summed E-state index contributed by atoms with van der Waals surface area (Å²) in [5.74, 6) is -0.841. The van der Waals surface area contributed by atoms with Crippen molar-refractivity contribution in [2.24, 2.45) is 0 Å². The molecular weight excluding hydrogens is 531 g/mol. The molecular formula is C25H21N5O4S3. The molecule has 0 saturated carbocycles. The number of thiophene rings is 2. The van der Waals surface area contributed by atoms with Gasteiger partial charge < -0.3 is 10.2 Å². The second-order valence-electron chi connectivity index (χ2n) is 8.09. The number of anilines is 2. The molecule has 0 radical (unpaired) electrons. The molecule has 0 bridgehead atoms. The Labute approximate surface area is 221 Å². The van der Waals surface area contributed by atoms with Crippen LogP contribution in [-0.4, -0.2) is 36.7 Å². The number of aryl methyl sites for hydroxylation is 1. The topological polar surface area (TPSA) is 121 Å². The number of benzene rings is 1. The quantitative estimate of drug-likeness (QED) is 0.334. The van der Waals surface area contributed by atoms with Crippen LogP contribution in [0.4, 0.5) is 11.6 Å². The Kier molecular flexibility index (Phi) is 6.87. The molecule has 0 spiro atoms. The Morgan fingerprint density at radius 3 is 2.59 bits per heavy atom. The maximum atomic E-state index is 13.7. The normalized spacial score (nSPS) is 13.3. The number of nitrogens with one attached hydrogen (secondary N) is 2. The molecule has 4 heterocycles. The molecule has 188 valence electrons. The number of fused-ring (bicyclic) bond motifs is 1. The van der Waals surface area contributed by atoms with Crippen LogP contribution in [0.5, 0.6) is 0 Å². The molecule has 0 unspecified atom stereocenters. The third kappa shape index (κ3) is 5.31. The summed E-state index contributed by atoms with van der Waals surface area (Å²) in [4.78, 5) is 37.4. The highest BCUT2D eigenvalue weighted by molar-refractivity contribution is 7.92. The lowest BCUT2D eigenvalue weighted by Gasteiger charge is -2.20. The van der Waals surface area contributed by atoms with Crippen LogP contribution < -0.4 is 14.9 Å². The van der Waals surface area contributed by atoms with E-state index in [1.165, 1.54) is 39.8 Å². The second kappa shape index (κ2) is 10.2. The number of hydrogen-bond acceptors (Lipinski definition) is 8. The third-order valence-electron chi connectivity index (χ3n) is 5.59. The molecule has 1 aromatic carbocycles. The number of aromatic nitrogens is 2. The molecule has 4 aromatic rings. The van der Waals surface area contributed by atoms with Gasteiger partial charge in [-0.05, 0) is 66.1 Å². The van der Waals surface area contributed by atoms with E-state index in [1.54, 1.807) is 48.7 Å². The fraction of sp³-hybridized carbons (Fsp3) is 0.120. The summed E-state index contributed by atoms with van der Waals surface area (Å²) in [7, 11) is -4.01. The monoisotopic (exact) mass is 551 g/mol. The minimum Gasteiger partial charge on any atom is -0.317 e. The maximum absolute atomic E-state index is 13.7. The largest absolute Gasteiger partial charge is 0.317 e. The van der Waals surface area contributed by atoms with E-state index in [-0.39, 0.29) is 29.0 Å². The van der Waals surface area contributed by atoms with Gasteiger partial charge in [-0.1, -0.05) is 18.2 Å². The van der Waals surface area contributed by atoms with Crippen molar-refractivity contribution in [1.29, 1.82) is 0 Å². The summed E-state index contributed by atoms with van der Waals surface area (Å²) < 4.78 is 28.8. The number of hydrogen-bond donors (Lipinski definition) is 2. The van der Waals surface area contributed by atoms with Gasteiger partial charge in [0.25, 0.3) is 21.8 Å². The van der Waals surface area contributed by atoms with E-state index >= 15 is 0 Å². The fourth-order valence-corrected chi connectivity index (χ4v) is 6.46. The van der Waals surface area contributed by atoms with Gasteiger partial charge >= 0.3 is 0 Å². The van der Waals surface area contributed by atoms with Crippen LogP contribution in [0.1, 0.15) is 25.8 Å². The predicted octanol–water partition coefficient (Wildman–Crippen LogP) is 4.07. The van der Waals surface area contributed by atoms with Gasteiger partial charge in [0.2, 0.25) is 5.95 Å². The van der Waals surface area contributed by atoms with Gasteiger partial charge in [-0.2, -0.15) is 0 Å². The van der Waals surface area contributed by atoms with Crippen molar-refractivity contribution < 1.29 is 18.0 Å². The highest BCUT2D eigenvalue weighted by Crippen LogP contribution is 2.34. The van der Waals surface area contributed by atoms with Crippen LogP contribution in [0, 0.1) is 6.92 Å². The average Bonchev–Trinajstić information content (AvgIpc) is 3.65. The lowest BCUT2D eigenvalue weighted by Crippen LogP contribution is -2.37. The molecule has 2 N–H and O–H groups in total. The van der Waals surface area contributed by atoms with Crippen molar-refractivity contribution in [2.75, 3.05) is 16.2 Å². The highest BCUT2D eigenvalue weighted by atomic mass is 32.2. The van der Waals surface area contributed by atoms with Gasteiger partial charge in [0, 0.05) is 29.0 Å². The van der Waals surface area contributed by atoms with E-state index in [9.17, 15) is 18.0 Å². The van der Waals surface area contributed by atoms with E-state index in [0.29, 0.717) is 28.2 Å². The third-order valence-corrected chi connectivity index (χ3v) is 8.69.